The van der Waals surface area contributed by atoms with Crippen LogP contribution in [0, 0.1) is 0 Å². The molecule has 0 aliphatic rings. The van der Waals surface area contributed by atoms with Crippen molar-refractivity contribution in [2.24, 2.45) is 0 Å². The minimum Gasteiger partial charge on any atom is -1.00 e. The molecule has 0 amide bonds. The Balaban J connectivity index is 0. The lowest BCUT2D eigenvalue weighted by atomic mass is 10.0. The van der Waals surface area contributed by atoms with E-state index in [0.717, 1.165) is 12.8 Å². The van der Waals surface area contributed by atoms with Crippen LogP contribution >= 0.6 is 0 Å². The molecular formula is C24H48ClNO2. The van der Waals surface area contributed by atoms with Crippen LogP contribution in [0.5, 0.6) is 0 Å². The number of rotatable bonds is 19. The maximum atomic E-state index is 11.5. The van der Waals surface area contributed by atoms with Crippen molar-refractivity contribution in [3.05, 3.63) is 12.7 Å². The number of carbonyl (C=O) groups excluding carboxylic acids is 1. The highest BCUT2D eigenvalue weighted by Crippen LogP contribution is 2.17. The number of hydrogen-bond donors (Lipinski definition) is 0. The summed E-state index contributed by atoms with van der Waals surface area (Å²) in [6, 6.07) is 0. The van der Waals surface area contributed by atoms with Gasteiger partial charge in [0, 0.05) is 12.5 Å². The summed E-state index contributed by atoms with van der Waals surface area (Å²) in [6.45, 7) is 5.77. The molecule has 28 heavy (non-hydrogen) atoms. The van der Waals surface area contributed by atoms with Crippen molar-refractivity contribution in [2.45, 2.75) is 116 Å². The lowest BCUT2D eigenvalue weighted by Crippen LogP contribution is -3.00. The predicted octanol–water partition coefficient (Wildman–Crippen LogP) is 4.01. The van der Waals surface area contributed by atoms with E-state index in [1.807, 2.05) is 0 Å². The van der Waals surface area contributed by atoms with E-state index >= 15 is 0 Å². The number of halogens is 1. The van der Waals surface area contributed by atoms with E-state index in [0.29, 0.717) is 4.48 Å². The van der Waals surface area contributed by atoms with Crippen LogP contribution in [-0.2, 0) is 9.53 Å². The number of carbonyl (C=O) groups is 1. The molecule has 0 aliphatic carbocycles. The van der Waals surface area contributed by atoms with Gasteiger partial charge in [-0.05, 0) is 6.42 Å². The van der Waals surface area contributed by atoms with Crippen LogP contribution in [0.15, 0.2) is 12.7 Å². The van der Waals surface area contributed by atoms with Gasteiger partial charge in [-0.3, -0.25) is 4.48 Å². The number of unbranched alkanes of at least 4 members (excludes halogenated alkanes) is 14. The molecule has 4 heteroatoms. The molecule has 0 bridgehead atoms. The Morgan fingerprint density at radius 2 is 1.14 bits per heavy atom. The van der Waals surface area contributed by atoms with E-state index < -0.39 is 0 Å². The second-order valence-electron chi connectivity index (χ2n) is 8.95. The van der Waals surface area contributed by atoms with Gasteiger partial charge in [0.05, 0.1) is 21.1 Å². The number of nitrogens with zero attached hydrogens (tertiary/aromatic N) is 1. The van der Waals surface area contributed by atoms with E-state index in [1.165, 1.54) is 96.0 Å². The first kappa shape index (κ1) is 29.7. The van der Waals surface area contributed by atoms with Gasteiger partial charge in [-0.25, -0.2) is 4.79 Å². The van der Waals surface area contributed by atoms with Crippen LogP contribution in [0.1, 0.15) is 110 Å². The van der Waals surface area contributed by atoms with Crippen molar-refractivity contribution in [2.75, 3.05) is 21.1 Å². The average molecular weight is 418 g/mol. The average Bonchev–Trinajstić information content (AvgIpc) is 2.62. The van der Waals surface area contributed by atoms with Gasteiger partial charge in [-0.2, -0.15) is 0 Å². The maximum Gasteiger partial charge on any atom is 0.334 e. The van der Waals surface area contributed by atoms with Crippen LogP contribution in [-0.4, -0.2) is 37.8 Å². The zero-order valence-corrected chi connectivity index (χ0v) is 20.1. The van der Waals surface area contributed by atoms with Crippen LogP contribution in [0.4, 0.5) is 0 Å². The van der Waals surface area contributed by atoms with Crippen molar-refractivity contribution < 1.29 is 26.4 Å². The molecule has 0 rings (SSSR count). The van der Waals surface area contributed by atoms with Crippen LogP contribution in [0.25, 0.3) is 0 Å². The zero-order chi connectivity index (χ0) is 20.4. The predicted molar refractivity (Wildman–Crippen MR) is 118 cm³/mol. The third kappa shape index (κ3) is 18.8. The minimum absolute atomic E-state index is 0. The molecule has 1 unspecified atom stereocenters. The van der Waals surface area contributed by atoms with Gasteiger partial charge < -0.3 is 17.1 Å². The zero-order valence-electron chi connectivity index (χ0n) is 19.3. The summed E-state index contributed by atoms with van der Waals surface area (Å²) >= 11 is 0. The van der Waals surface area contributed by atoms with Crippen LogP contribution in [0.2, 0.25) is 0 Å². The first-order chi connectivity index (χ1) is 12.9. The summed E-state index contributed by atoms with van der Waals surface area (Å²) in [7, 11) is 6.23. The standard InChI is InChI=1S/C24H48NO2.ClH/c1-6-8-9-10-11-12-13-14-15-16-17-18-19-20-21-22-23(25(3,4)5)27-24(26)7-2;/h7,23H,2,6,8-22H2,1,3-5H3;1H/q+1;/p-1. The highest BCUT2D eigenvalue weighted by Gasteiger charge is 2.26. The number of ether oxygens (including phenoxy) is 1. The van der Waals surface area contributed by atoms with Crippen molar-refractivity contribution in [1.82, 2.24) is 0 Å². The van der Waals surface area contributed by atoms with Gasteiger partial charge in [0.2, 0.25) is 6.23 Å². The van der Waals surface area contributed by atoms with Gasteiger partial charge in [-0.15, -0.1) is 0 Å². The molecule has 0 heterocycles. The van der Waals surface area contributed by atoms with Crippen molar-refractivity contribution >= 4 is 5.97 Å². The van der Waals surface area contributed by atoms with E-state index in [2.05, 4.69) is 34.6 Å². The minimum atomic E-state index is -0.311. The molecule has 0 aliphatic heterocycles. The molecule has 1 atom stereocenters. The SMILES string of the molecule is C=CC(=O)OC(CCCCCCCCCCCCCCCCC)[N+](C)(C)C.[Cl-]. The normalized spacial score (nSPS) is 12.3. The molecular weight excluding hydrogens is 370 g/mol. The monoisotopic (exact) mass is 417 g/mol. The largest absolute Gasteiger partial charge is 1.00 e. The Bertz CT molecular complexity index is 366. The van der Waals surface area contributed by atoms with Crippen molar-refractivity contribution in [3.8, 4) is 0 Å². The first-order valence-corrected chi connectivity index (χ1v) is 11.6. The summed E-state index contributed by atoms with van der Waals surface area (Å²) in [5.74, 6) is -0.311. The maximum absolute atomic E-state index is 11.5. The lowest BCUT2D eigenvalue weighted by Gasteiger charge is -2.32. The van der Waals surface area contributed by atoms with E-state index in [9.17, 15) is 4.79 Å². The topological polar surface area (TPSA) is 26.3 Å². The molecule has 0 saturated heterocycles. The Hall–Kier alpha value is -0.540. The number of quaternary nitrogens is 1. The van der Waals surface area contributed by atoms with Crippen LogP contribution < -0.4 is 12.4 Å². The second-order valence-corrected chi connectivity index (χ2v) is 8.95. The molecule has 0 fully saturated rings. The van der Waals surface area contributed by atoms with Crippen LogP contribution in [0.3, 0.4) is 0 Å². The third-order valence-electron chi connectivity index (χ3n) is 5.34. The van der Waals surface area contributed by atoms with Gasteiger partial charge in [0.15, 0.2) is 0 Å². The highest BCUT2D eigenvalue weighted by atomic mass is 35.5. The molecule has 0 aromatic rings. The van der Waals surface area contributed by atoms with Gasteiger partial charge >= 0.3 is 5.97 Å². The fourth-order valence-corrected chi connectivity index (χ4v) is 3.48. The number of esters is 1. The number of hydrogen-bond acceptors (Lipinski definition) is 2. The Labute approximate surface area is 182 Å². The molecule has 0 aromatic heterocycles. The molecule has 0 aromatic carbocycles. The fourth-order valence-electron chi connectivity index (χ4n) is 3.48. The summed E-state index contributed by atoms with van der Waals surface area (Å²) < 4.78 is 6.15. The molecule has 168 valence electrons. The van der Waals surface area contributed by atoms with Crippen molar-refractivity contribution in [1.29, 1.82) is 0 Å². The quantitative estimate of drug-likeness (QED) is 0.104. The van der Waals surface area contributed by atoms with Gasteiger partial charge in [-0.1, -0.05) is 103 Å². The van der Waals surface area contributed by atoms with E-state index in [4.69, 9.17) is 4.74 Å². The second kappa shape index (κ2) is 19.8. The smallest absolute Gasteiger partial charge is 0.334 e. The first-order valence-electron chi connectivity index (χ1n) is 11.6. The van der Waals surface area contributed by atoms with E-state index in [1.54, 1.807) is 0 Å². The highest BCUT2D eigenvalue weighted by molar-refractivity contribution is 5.81. The Morgan fingerprint density at radius 3 is 1.46 bits per heavy atom. The lowest BCUT2D eigenvalue weighted by molar-refractivity contribution is -0.917. The summed E-state index contributed by atoms with van der Waals surface area (Å²) in [5, 5.41) is 0. The molecule has 0 N–H and O–H groups in total. The Morgan fingerprint density at radius 1 is 0.786 bits per heavy atom. The van der Waals surface area contributed by atoms with Crippen molar-refractivity contribution in [3.63, 3.8) is 0 Å². The summed E-state index contributed by atoms with van der Waals surface area (Å²) in [4.78, 5) is 11.5. The van der Waals surface area contributed by atoms with E-state index in [-0.39, 0.29) is 24.6 Å². The third-order valence-corrected chi connectivity index (χ3v) is 5.34. The summed E-state index contributed by atoms with van der Waals surface area (Å²) in [6.07, 6.45) is 22.7. The molecule has 0 spiro atoms. The fraction of sp³-hybridized carbons (Fsp3) is 0.875. The summed E-state index contributed by atoms with van der Waals surface area (Å²) in [5.41, 5.74) is 0. The molecule has 0 radical (unpaired) electrons. The molecule has 0 saturated carbocycles. The Kier molecular flexibility index (Phi) is 20.9. The van der Waals surface area contributed by atoms with Gasteiger partial charge in [0.1, 0.15) is 0 Å². The molecule has 3 nitrogen and oxygen atoms in total. The van der Waals surface area contributed by atoms with Gasteiger partial charge in [0.25, 0.3) is 0 Å².